The second kappa shape index (κ2) is 5.01. The van der Waals surface area contributed by atoms with Crippen LogP contribution in [0.15, 0.2) is 47.4 Å². The zero-order valence-electron chi connectivity index (χ0n) is 9.29. The predicted molar refractivity (Wildman–Crippen MR) is 69.3 cm³/mol. The highest BCUT2D eigenvalue weighted by atomic mass is 32.2. The Kier molecular flexibility index (Phi) is 3.44. The second-order valence-electron chi connectivity index (χ2n) is 3.53. The van der Waals surface area contributed by atoms with Crippen LogP contribution < -0.4 is 0 Å². The molecule has 2 rings (SSSR count). The van der Waals surface area contributed by atoms with Crippen molar-refractivity contribution >= 4 is 29.0 Å². The van der Waals surface area contributed by atoms with Gasteiger partial charge < -0.3 is 0 Å². The number of hydrogen-bond acceptors (Lipinski definition) is 3. The molecule has 0 saturated carbocycles. The first-order chi connectivity index (χ1) is 8.18. The molecule has 0 aromatic heterocycles. The van der Waals surface area contributed by atoms with Gasteiger partial charge in [0.25, 0.3) is 11.1 Å². The van der Waals surface area contributed by atoms with Gasteiger partial charge in [-0.05, 0) is 23.4 Å². The summed E-state index contributed by atoms with van der Waals surface area (Å²) in [6, 6.07) is 9.77. The van der Waals surface area contributed by atoms with Gasteiger partial charge >= 0.3 is 0 Å². The molecule has 2 amide bonds. The van der Waals surface area contributed by atoms with Crippen molar-refractivity contribution in [1.29, 1.82) is 0 Å². The topological polar surface area (TPSA) is 37.4 Å². The fraction of sp³-hybridized carbons (Fsp3) is 0.0769. The van der Waals surface area contributed by atoms with Crippen LogP contribution in [0.4, 0.5) is 4.79 Å². The Balaban J connectivity index is 2.10. The van der Waals surface area contributed by atoms with Gasteiger partial charge in [-0.3, -0.25) is 14.5 Å². The Morgan fingerprint density at radius 3 is 2.47 bits per heavy atom. The van der Waals surface area contributed by atoms with E-state index in [2.05, 4.69) is 0 Å². The van der Waals surface area contributed by atoms with Crippen LogP contribution in [0.1, 0.15) is 5.56 Å². The average Bonchev–Trinajstić information content (AvgIpc) is 2.59. The molecule has 1 aromatic carbocycles. The Labute approximate surface area is 104 Å². The first-order valence-corrected chi connectivity index (χ1v) is 5.93. The van der Waals surface area contributed by atoms with Crippen molar-refractivity contribution in [3.63, 3.8) is 0 Å². The molecule has 86 valence electrons. The SMILES string of the molecule is CN1C(=O)SC(=CC=Cc2ccccc2)C1=O. The fourth-order valence-corrected chi connectivity index (χ4v) is 2.15. The van der Waals surface area contributed by atoms with Crippen LogP contribution in [0, 0.1) is 0 Å². The molecular formula is C13H11NO2S. The largest absolute Gasteiger partial charge is 0.293 e. The molecule has 0 radical (unpaired) electrons. The second-order valence-corrected chi connectivity index (χ2v) is 4.53. The van der Waals surface area contributed by atoms with Crippen molar-refractivity contribution < 1.29 is 9.59 Å². The van der Waals surface area contributed by atoms with Gasteiger partial charge in [0.2, 0.25) is 0 Å². The fourth-order valence-electron chi connectivity index (χ4n) is 1.37. The summed E-state index contributed by atoms with van der Waals surface area (Å²) < 4.78 is 0. The normalized spacial score (nSPS) is 18.6. The molecule has 1 aliphatic heterocycles. The smallest absolute Gasteiger partial charge is 0.272 e. The number of hydrogen-bond donors (Lipinski definition) is 0. The minimum atomic E-state index is -0.238. The van der Waals surface area contributed by atoms with Gasteiger partial charge in [0.05, 0.1) is 4.91 Å². The number of likely N-dealkylation sites (N-methyl/N-ethyl adjacent to an activating group) is 1. The molecular weight excluding hydrogens is 234 g/mol. The third-order valence-corrected chi connectivity index (χ3v) is 3.30. The monoisotopic (exact) mass is 245 g/mol. The summed E-state index contributed by atoms with van der Waals surface area (Å²) in [7, 11) is 1.49. The lowest BCUT2D eigenvalue weighted by atomic mass is 10.2. The van der Waals surface area contributed by atoms with Gasteiger partial charge in [0.15, 0.2) is 0 Å². The molecule has 0 N–H and O–H groups in total. The molecule has 1 aliphatic rings. The van der Waals surface area contributed by atoms with Crippen LogP contribution in [0.25, 0.3) is 6.08 Å². The van der Waals surface area contributed by atoms with Crippen molar-refractivity contribution in [2.75, 3.05) is 7.05 Å². The number of rotatable bonds is 2. The third kappa shape index (κ3) is 2.65. The van der Waals surface area contributed by atoms with Crippen molar-refractivity contribution in [3.8, 4) is 0 Å². The van der Waals surface area contributed by atoms with Gasteiger partial charge in [0, 0.05) is 7.05 Å². The predicted octanol–water partition coefficient (Wildman–Crippen LogP) is 2.91. The van der Waals surface area contributed by atoms with Gasteiger partial charge in [-0.1, -0.05) is 42.5 Å². The Morgan fingerprint density at radius 2 is 1.88 bits per heavy atom. The summed E-state index contributed by atoms with van der Waals surface area (Å²) in [6.45, 7) is 0. The Morgan fingerprint density at radius 1 is 1.18 bits per heavy atom. The van der Waals surface area contributed by atoms with E-state index in [4.69, 9.17) is 0 Å². The molecule has 0 spiro atoms. The molecule has 0 unspecified atom stereocenters. The summed E-state index contributed by atoms with van der Waals surface area (Å²) in [5.41, 5.74) is 1.06. The van der Waals surface area contributed by atoms with Crippen molar-refractivity contribution in [3.05, 3.63) is 53.0 Å². The Hall–Kier alpha value is -1.81. The highest BCUT2D eigenvalue weighted by Crippen LogP contribution is 2.29. The molecule has 1 aromatic rings. The number of carbonyl (C=O) groups is 2. The van der Waals surface area contributed by atoms with Crippen LogP contribution >= 0.6 is 11.8 Å². The lowest BCUT2D eigenvalue weighted by Crippen LogP contribution is -2.22. The lowest BCUT2D eigenvalue weighted by molar-refractivity contribution is -0.121. The van der Waals surface area contributed by atoms with Crippen molar-refractivity contribution in [1.82, 2.24) is 4.90 Å². The molecule has 0 atom stereocenters. The zero-order valence-corrected chi connectivity index (χ0v) is 10.1. The molecule has 1 heterocycles. The number of carbonyl (C=O) groups excluding carboxylic acids is 2. The third-order valence-electron chi connectivity index (χ3n) is 2.32. The van der Waals surface area contributed by atoms with Crippen LogP contribution in [-0.2, 0) is 4.79 Å². The molecule has 0 bridgehead atoms. The maximum Gasteiger partial charge on any atom is 0.293 e. The van der Waals surface area contributed by atoms with Gasteiger partial charge in [0.1, 0.15) is 0 Å². The molecule has 4 heteroatoms. The van der Waals surface area contributed by atoms with Crippen molar-refractivity contribution in [2.45, 2.75) is 0 Å². The molecule has 17 heavy (non-hydrogen) atoms. The summed E-state index contributed by atoms with van der Waals surface area (Å²) in [6.07, 6.45) is 5.34. The van der Waals surface area contributed by atoms with Gasteiger partial charge in [-0.2, -0.15) is 0 Å². The van der Waals surface area contributed by atoms with Crippen LogP contribution in [0.3, 0.4) is 0 Å². The number of allylic oxidation sites excluding steroid dienone is 2. The number of nitrogens with zero attached hydrogens (tertiary/aromatic N) is 1. The summed E-state index contributed by atoms with van der Waals surface area (Å²) >= 11 is 0.964. The summed E-state index contributed by atoms with van der Waals surface area (Å²) in [5.74, 6) is -0.238. The van der Waals surface area contributed by atoms with E-state index in [1.165, 1.54) is 7.05 Å². The van der Waals surface area contributed by atoms with E-state index in [0.29, 0.717) is 4.91 Å². The van der Waals surface area contributed by atoms with E-state index in [1.54, 1.807) is 12.2 Å². The highest BCUT2D eigenvalue weighted by Gasteiger charge is 2.31. The number of amides is 2. The van der Waals surface area contributed by atoms with E-state index < -0.39 is 0 Å². The summed E-state index contributed by atoms with van der Waals surface area (Å²) in [4.78, 5) is 24.4. The van der Waals surface area contributed by atoms with Crippen LogP contribution in [0.2, 0.25) is 0 Å². The molecule has 1 fully saturated rings. The average molecular weight is 245 g/mol. The molecule has 3 nitrogen and oxygen atoms in total. The number of benzene rings is 1. The van der Waals surface area contributed by atoms with Gasteiger partial charge in [-0.15, -0.1) is 0 Å². The lowest BCUT2D eigenvalue weighted by Gasteiger charge is -2.00. The standard InChI is InChI=1S/C13H11NO2S/c1-14-12(15)11(17-13(14)16)9-5-8-10-6-3-2-4-7-10/h2-9H,1H3. The maximum atomic E-state index is 11.5. The van der Waals surface area contributed by atoms with Gasteiger partial charge in [-0.25, -0.2) is 0 Å². The van der Waals surface area contributed by atoms with E-state index in [9.17, 15) is 9.59 Å². The van der Waals surface area contributed by atoms with Crippen molar-refractivity contribution in [2.24, 2.45) is 0 Å². The quantitative estimate of drug-likeness (QED) is 0.752. The van der Waals surface area contributed by atoms with E-state index >= 15 is 0 Å². The van der Waals surface area contributed by atoms with E-state index in [-0.39, 0.29) is 11.1 Å². The minimum absolute atomic E-state index is 0.227. The number of thioether (sulfide) groups is 1. The minimum Gasteiger partial charge on any atom is -0.272 e. The zero-order chi connectivity index (χ0) is 12.3. The number of imide groups is 1. The Bertz CT molecular complexity index is 505. The molecule has 0 aliphatic carbocycles. The first-order valence-electron chi connectivity index (χ1n) is 5.12. The van der Waals surface area contributed by atoms with Crippen LogP contribution in [-0.4, -0.2) is 23.1 Å². The summed E-state index contributed by atoms with van der Waals surface area (Å²) in [5, 5.41) is -0.227. The maximum absolute atomic E-state index is 11.5. The van der Waals surface area contributed by atoms with E-state index in [1.807, 2.05) is 36.4 Å². The van der Waals surface area contributed by atoms with E-state index in [0.717, 1.165) is 22.2 Å². The van der Waals surface area contributed by atoms with Crippen LogP contribution in [0.5, 0.6) is 0 Å². The first kappa shape index (κ1) is 11.7. The molecule has 1 saturated heterocycles. The highest BCUT2D eigenvalue weighted by molar-refractivity contribution is 8.18.